The lowest BCUT2D eigenvalue weighted by atomic mass is 9.97. The minimum absolute atomic E-state index is 0.468. The molecular formula is C17H21N3O. The van der Waals surface area contributed by atoms with E-state index in [0.717, 1.165) is 54.5 Å². The number of hydrogen-bond acceptors (Lipinski definition) is 4. The highest BCUT2D eigenvalue weighted by molar-refractivity contribution is 5.61. The van der Waals surface area contributed by atoms with Crippen LogP contribution in [-0.2, 0) is 0 Å². The lowest BCUT2D eigenvalue weighted by Crippen LogP contribution is -2.27. The van der Waals surface area contributed by atoms with Gasteiger partial charge in [0.2, 0.25) is 0 Å². The Bertz CT molecular complexity index is 621. The number of benzene rings is 1. The Morgan fingerprint density at radius 2 is 1.95 bits per heavy atom. The van der Waals surface area contributed by atoms with Gasteiger partial charge in [-0.05, 0) is 51.1 Å². The molecule has 1 aliphatic rings. The summed E-state index contributed by atoms with van der Waals surface area (Å²) in [7, 11) is 1.69. The molecule has 0 bridgehead atoms. The van der Waals surface area contributed by atoms with Gasteiger partial charge >= 0.3 is 0 Å². The molecule has 4 heteroatoms. The molecule has 1 aromatic carbocycles. The summed E-state index contributed by atoms with van der Waals surface area (Å²) in [4.78, 5) is 9.46. The van der Waals surface area contributed by atoms with Gasteiger partial charge in [-0.15, -0.1) is 0 Å². The monoisotopic (exact) mass is 283 g/mol. The average Bonchev–Trinajstić information content (AvgIpc) is 2.55. The molecule has 1 saturated heterocycles. The van der Waals surface area contributed by atoms with Gasteiger partial charge in [-0.3, -0.25) is 0 Å². The van der Waals surface area contributed by atoms with Crippen molar-refractivity contribution in [2.45, 2.75) is 25.7 Å². The first kappa shape index (κ1) is 14.0. The predicted octanol–water partition coefficient (Wildman–Crippen LogP) is 2.93. The lowest BCUT2D eigenvalue weighted by Gasteiger charge is -2.22. The summed E-state index contributed by atoms with van der Waals surface area (Å²) in [5.41, 5.74) is 3.08. The van der Waals surface area contributed by atoms with E-state index in [1.165, 1.54) is 0 Å². The first-order valence-corrected chi connectivity index (χ1v) is 7.47. The van der Waals surface area contributed by atoms with Crippen LogP contribution in [0.1, 0.15) is 30.3 Å². The number of nitrogens with one attached hydrogen (secondary N) is 1. The standard InChI is InChI=1S/C17H21N3O/c1-12-10-16(14-4-3-5-15(11-14)21-2)20-17(19-12)13-6-8-18-9-7-13/h3-5,10-11,13,18H,6-9H2,1-2H3. The number of rotatable bonds is 3. The molecule has 0 saturated carbocycles. The Hall–Kier alpha value is -1.94. The molecular weight excluding hydrogens is 262 g/mol. The van der Waals surface area contributed by atoms with Crippen LogP contribution in [0.15, 0.2) is 30.3 Å². The van der Waals surface area contributed by atoms with E-state index in [-0.39, 0.29) is 0 Å². The van der Waals surface area contributed by atoms with Gasteiger partial charge in [0, 0.05) is 17.2 Å². The first-order chi connectivity index (χ1) is 10.3. The average molecular weight is 283 g/mol. The van der Waals surface area contributed by atoms with E-state index in [0.29, 0.717) is 5.92 Å². The van der Waals surface area contributed by atoms with Gasteiger partial charge in [-0.2, -0.15) is 0 Å². The van der Waals surface area contributed by atoms with Crippen molar-refractivity contribution < 1.29 is 4.74 Å². The third-order valence-electron chi connectivity index (χ3n) is 3.94. The number of aromatic nitrogens is 2. The minimum atomic E-state index is 0.468. The number of nitrogens with zero attached hydrogens (tertiary/aromatic N) is 2. The van der Waals surface area contributed by atoms with Crippen molar-refractivity contribution in [3.63, 3.8) is 0 Å². The van der Waals surface area contributed by atoms with Crippen LogP contribution in [0, 0.1) is 6.92 Å². The molecule has 0 aliphatic carbocycles. The Balaban J connectivity index is 1.96. The highest BCUT2D eigenvalue weighted by Gasteiger charge is 2.19. The molecule has 1 fully saturated rings. The number of ether oxygens (including phenoxy) is 1. The van der Waals surface area contributed by atoms with Crippen molar-refractivity contribution >= 4 is 0 Å². The Morgan fingerprint density at radius 1 is 1.14 bits per heavy atom. The van der Waals surface area contributed by atoms with Crippen molar-refractivity contribution in [1.82, 2.24) is 15.3 Å². The van der Waals surface area contributed by atoms with Crippen molar-refractivity contribution in [3.8, 4) is 17.0 Å². The zero-order chi connectivity index (χ0) is 14.7. The van der Waals surface area contributed by atoms with Crippen LogP contribution in [0.5, 0.6) is 5.75 Å². The topological polar surface area (TPSA) is 47.0 Å². The Labute approximate surface area is 125 Å². The number of piperidine rings is 1. The molecule has 0 amide bonds. The van der Waals surface area contributed by atoms with Crippen molar-refractivity contribution in [1.29, 1.82) is 0 Å². The van der Waals surface area contributed by atoms with Crippen LogP contribution in [0.25, 0.3) is 11.3 Å². The highest BCUT2D eigenvalue weighted by atomic mass is 16.5. The summed E-state index contributed by atoms with van der Waals surface area (Å²) in [6.07, 6.45) is 2.22. The zero-order valence-electron chi connectivity index (χ0n) is 12.6. The van der Waals surface area contributed by atoms with Gasteiger partial charge in [0.25, 0.3) is 0 Å². The second-order valence-electron chi connectivity index (χ2n) is 5.51. The molecule has 0 atom stereocenters. The summed E-state index contributed by atoms with van der Waals surface area (Å²) in [6, 6.07) is 10.1. The summed E-state index contributed by atoms with van der Waals surface area (Å²) < 4.78 is 5.30. The van der Waals surface area contributed by atoms with Crippen LogP contribution in [-0.4, -0.2) is 30.2 Å². The third-order valence-corrected chi connectivity index (χ3v) is 3.94. The summed E-state index contributed by atoms with van der Waals surface area (Å²) >= 11 is 0. The maximum absolute atomic E-state index is 5.30. The van der Waals surface area contributed by atoms with Gasteiger partial charge in [0.05, 0.1) is 12.8 Å². The number of methoxy groups -OCH3 is 1. The fourth-order valence-electron chi connectivity index (χ4n) is 2.78. The molecule has 2 aromatic rings. The predicted molar refractivity (Wildman–Crippen MR) is 83.6 cm³/mol. The van der Waals surface area contributed by atoms with Gasteiger partial charge in [0.1, 0.15) is 11.6 Å². The van der Waals surface area contributed by atoms with Crippen molar-refractivity contribution in [2.75, 3.05) is 20.2 Å². The lowest BCUT2D eigenvalue weighted by molar-refractivity contribution is 0.415. The van der Waals surface area contributed by atoms with E-state index in [4.69, 9.17) is 9.72 Å². The van der Waals surface area contributed by atoms with Gasteiger partial charge in [-0.25, -0.2) is 9.97 Å². The first-order valence-electron chi connectivity index (χ1n) is 7.47. The van der Waals surface area contributed by atoms with E-state index in [9.17, 15) is 0 Å². The molecule has 21 heavy (non-hydrogen) atoms. The largest absolute Gasteiger partial charge is 0.497 e. The second-order valence-corrected chi connectivity index (χ2v) is 5.51. The maximum atomic E-state index is 5.30. The molecule has 1 N–H and O–H groups in total. The molecule has 4 nitrogen and oxygen atoms in total. The summed E-state index contributed by atoms with van der Waals surface area (Å²) in [6.45, 7) is 4.14. The van der Waals surface area contributed by atoms with Crippen molar-refractivity contribution in [2.24, 2.45) is 0 Å². The molecule has 0 spiro atoms. The van der Waals surface area contributed by atoms with E-state index in [1.54, 1.807) is 7.11 Å². The van der Waals surface area contributed by atoms with Crippen LogP contribution in [0.3, 0.4) is 0 Å². The van der Waals surface area contributed by atoms with E-state index < -0.39 is 0 Å². The van der Waals surface area contributed by atoms with Gasteiger partial charge in [-0.1, -0.05) is 12.1 Å². The fraction of sp³-hybridized carbons (Fsp3) is 0.412. The molecule has 1 aromatic heterocycles. The fourth-order valence-corrected chi connectivity index (χ4v) is 2.78. The number of aryl methyl sites for hydroxylation is 1. The Morgan fingerprint density at radius 3 is 2.71 bits per heavy atom. The molecule has 0 radical (unpaired) electrons. The molecule has 0 unspecified atom stereocenters. The Kier molecular flexibility index (Phi) is 4.15. The second kappa shape index (κ2) is 6.22. The normalized spacial score (nSPS) is 15.9. The number of hydrogen-bond donors (Lipinski definition) is 1. The SMILES string of the molecule is COc1cccc(-c2cc(C)nc(C3CCNCC3)n2)c1. The quantitative estimate of drug-likeness (QED) is 0.941. The minimum Gasteiger partial charge on any atom is -0.497 e. The summed E-state index contributed by atoms with van der Waals surface area (Å²) in [5.74, 6) is 2.30. The maximum Gasteiger partial charge on any atom is 0.132 e. The smallest absolute Gasteiger partial charge is 0.132 e. The third kappa shape index (κ3) is 3.22. The van der Waals surface area contributed by atoms with Gasteiger partial charge < -0.3 is 10.1 Å². The highest BCUT2D eigenvalue weighted by Crippen LogP contribution is 2.27. The van der Waals surface area contributed by atoms with Gasteiger partial charge in [0.15, 0.2) is 0 Å². The van der Waals surface area contributed by atoms with Crippen LogP contribution in [0.4, 0.5) is 0 Å². The van der Waals surface area contributed by atoms with Crippen LogP contribution < -0.4 is 10.1 Å². The molecule has 2 heterocycles. The summed E-state index contributed by atoms with van der Waals surface area (Å²) in [5, 5.41) is 3.39. The molecule has 1 aliphatic heterocycles. The van der Waals surface area contributed by atoms with Crippen molar-refractivity contribution in [3.05, 3.63) is 41.9 Å². The van der Waals surface area contributed by atoms with Crippen LogP contribution >= 0.6 is 0 Å². The van der Waals surface area contributed by atoms with E-state index in [1.807, 2.05) is 31.2 Å². The van der Waals surface area contributed by atoms with E-state index in [2.05, 4.69) is 16.4 Å². The van der Waals surface area contributed by atoms with E-state index >= 15 is 0 Å². The molecule has 3 rings (SSSR count). The van der Waals surface area contributed by atoms with Crippen LogP contribution in [0.2, 0.25) is 0 Å². The molecule has 110 valence electrons. The zero-order valence-corrected chi connectivity index (χ0v) is 12.6.